The van der Waals surface area contributed by atoms with Crippen molar-refractivity contribution in [2.45, 2.75) is 0 Å². The molecule has 0 saturated heterocycles. The Labute approximate surface area is 160 Å². The quantitative estimate of drug-likeness (QED) is 0.393. The topological polar surface area (TPSA) is 28.1 Å². The van der Waals surface area contributed by atoms with Gasteiger partial charge in [0.1, 0.15) is 0 Å². The number of nitrogens with zero attached hydrogens (tertiary/aromatic N) is 1. The zero-order chi connectivity index (χ0) is 17.5. The highest BCUT2D eigenvalue weighted by atomic mass is 79.9. The van der Waals surface area contributed by atoms with Crippen LogP contribution in [0.1, 0.15) is 16.7 Å². The third-order valence-electron chi connectivity index (χ3n) is 4.77. The molecular weight excluding hydrogens is 384 g/mol. The third-order valence-corrected chi connectivity index (χ3v) is 5.26. The highest BCUT2D eigenvalue weighted by molar-refractivity contribution is 9.10. The number of aromatic nitrogens is 1. The first-order valence-electron chi connectivity index (χ1n) is 8.51. The molecule has 0 fully saturated rings. The zero-order valence-corrected chi connectivity index (χ0v) is 15.5. The van der Waals surface area contributed by atoms with E-state index in [1.165, 1.54) is 27.6 Å². The number of hydrogen-bond donors (Lipinski definition) is 1. The van der Waals surface area contributed by atoms with Gasteiger partial charge in [0, 0.05) is 50.1 Å². The number of allylic oxidation sites excluding steroid dienone is 1. The average molecular weight is 399 g/mol. The second kappa shape index (κ2) is 6.11. The lowest BCUT2D eigenvalue weighted by atomic mass is 9.90. The van der Waals surface area contributed by atoms with Crippen molar-refractivity contribution in [3.05, 3.63) is 100 Å². The van der Waals surface area contributed by atoms with Gasteiger partial charge in [-0.3, -0.25) is 4.99 Å². The van der Waals surface area contributed by atoms with E-state index in [4.69, 9.17) is 0 Å². The van der Waals surface area contributed by atoms with Gasteiger partial charge in [-0.2, -0.15) is 0 Å². The molecule has 124 valence electrons. The Morgan fingerprint density at radius 1 is 0.885 bits per heavy atom. The Hall–Kier alpha value is -2.91. The molecule has 2 heterocycles. The van der Waals surface area contributed by atoms with Gasteiger partial charge in [0.15, 0.2) is 0 Å². The Bertz CT molecular complexity index is 1200. The molecule has 0 saturated carbocycles. The van der Waals surface area contributed by atoms with Crippen LogP contribution in [-0.4, -0.2) is 11.2 Å². The highest BCUT2D eigenvalue weighted by Gasteiger charge is 2.20. The number of benzene rings is 3. The van der Waals surface area contributed by atoms with Crippen LogP contribution in [0.15, 0.2) is 88.5 Å². The number of nitrogens with one attached hydrogen (secondary N) is 1. The third kappa shape index (κ3) is 2.44. The van der Waals surface area contributed by atoms with Crippen LogP contribution in [0.25, 0.3) is 22.0 Å². The minimum atomic E-state index is 1.02. The molecule has 3 aromatic carbocycles. The lowest BCUT2D eigenvalue weighted by molar-refractivity contribution is 1.46. The summed E-state index contributed by atoms with van der Waals surface area (Å²) in [5, 5.41) is 1.22. The van der Waals surface area contributed by atoms with E-state index >= 15 is 0 Å². The molecule has 0 unspecified atom stereocenters. The number of rotatable bonds is 2. The van der Waals surface area contributed by atoms with Crippen molar-refractivity contribution in [1.29, 1.82) is 0 Å². The van der Waals surface area contributed by atoms with E-state index < -0.39 is 0 Å². The summed E-state index contributed by atoms with van der Waals surface area (Å²) < 4.78 is 1.07. The molecule has 3 heteroatoms. The fourth-order valence-electron chi connectivity index (χ4n) is 3.60. The van der Waals surface area contributed by atoms with E-state index in [1.54, 1.807) is 0 Å². The Morgan fingerprint density at radius 3 is 2.65 bits per heavy atom. The fraction of sp³-hybridized carbons (Fsp3) is 0. The number of aromatic amines is 1. The Kier molecular flexibility index (Phi) is 3.61. The molecule has 26 heavy (non-hydrogen) atoms. The molecule has 0 atom stereocenters. The summed E-state index contributed by atoms with van der Waals surface area (Å²) in [6.45, 7) is 0. The van der Waals surface area contributed by atoms with Crippen molar-refractivity contribution in [3.8, 4) is 0 Å². The molecule has 2 nitrogen and oxygen atoms in total. The van der Waals surface area contributed by atoms with Crippen molar-refractivity contribution in [2.75, 3.05) is 0 Å². The fourth-order valence-corrected chi connectivity index (χ4v) is 3.99. The maximum absolute atomic E-state index is 4.63. The number of H-pyrrole nitrogens is 1. The molecule has 1 aliphatic heterocycles. The summed E-state index contributed by atoms with van der Waals surface area (Å²) in [5.41, 5.74) is 8.04. The molecule has 5 rings (SSSR count). The van der Waals surface area contributed by atoms with Gasteiger partial charge in [-0.1, -0.05) is 64.5 Å². The molecule has 0 bridgehead atoms. The van der Waals surface area contributed by atoms with Gasteiger partial charge >= 0.3 is 0 Å². The number of halogens is 1. The maximum atomic E-state index is 4.63. The van der Waals surface area contributed by atoms with Gasteiger partial charge < -0.3 is 4.98 Å². The number of fused-ring (bicyclic) bond motifs is 2. The van der Waals surface area contributed by atoms with E-state index in [1.807, 2.05) is 12.3 Å². The SMILES string of the molecule is Brc1cccc(/C(=C2/C=Nc3ccccc32)c2c[nH]c3ccccc23)c1. The first-order chi connectivity index (χ1) is 12.8. The summed E-state index contributed by atoms with van der Waals surface area (Å²) in [7, 11) is 0. The molecular formula is C23H15BrN2. The van der Waals surface area contributed by atoms with Crippen LogP contribution >= 0.6 is 15.9 Å². The van der Waals surface area contributed by atoms with E-state index in [9.17, 15) is 0 Å². The van der Waals surface area contributed by atoms with Crippen LogP contribution in [0.2, 0.25) is 0 Å². The maximum Gasteiger partial charge on any atom is 0.0709 e. The molecule has 0 amide bonds. The molecule has 4 aromatic rings. The molecule has 1 aliphatic rings. The van der Waals surface area contributed by atoms with Gasteiger partial charge in [-0.25, -0.2) is 0 Å². The molecule has 0 aliphatic carbocycles. The van der Waals surface area contributed by atoms with Crippen molar-refractivity contribution < 1.29 is 0 Å². The number of aliphatic imine (C=N–C) groups is 1. The summed E-state index contributed by atoms with van der Waals surface area (Å²) in [6.07, 6.45) is 4.09. The van der Waals surface area contributed by atoms with Crippen LogP contribution in [0.4, 0.5) is 5.69 Å². The Balaban J connectivity index is 1.86. The van der Waals surface area contributed by atoms with Crippen LogP contribution < -0.4 is 0 Å². The predicted octanol–water partition coefficient (Wildman–Crippen LogP) is 6.61. The van der Waals surface area contributed by atoms with Crippen LogP contribution in [0.5, 0.6) is 0 Å². The summed E-state index contributed by atoms with van der Waals surface area (Å²) in [5.74, 6) is 0. The molecule has 1 N–H and O–H groups in total. The largest absolute Gasteiger partial charge is 0.361 e. The van der Waals surface area contributed by atoms with Gasteiger partial charge in [-0.05, 0) is 29.8 Å². The van der Waals surface area contributed by atoms with Crippen molar-refractivity contribution >= 4 is 49.9 Å². The van der Waals surface area contributed by atoms with Gasteiger partial charge in [0.25, 0.3) is 0 Å². The summed E-state index contributed by atoms with van der Waals surface area (Å²) in [4.78, 5) is 8.04. The normalized spacial score (nSPS) is 14.7. The smallest absolute Gasteiger partial charge is 0.0709 e. The van der Waals surface area contributed by atoms with Crippen LogP contribution in [-0.2, 0) is 0 Å². The van der Waals surface area contributed by atoms with Gasteiger partial charge in [-0.15, -0.1) is 0 Å². The number of hydrogen-bond acceptors (Lipinski definition) is 1. The number of para-hydroxylation sites is 2. The zero-order valence-electron chi connectivity index (χ0n) is 13.9. The van der Waals surface area contributed by atoms with Gasteiger partial charge in [0.05, 0.1) is 5.69 Å². The summed E-state index contributed by atoms with van der Waals surface area (Å²) in [6, 6.07) is 25.2. The van der Waals surface area contributed by atoms with Crippen LogP contribution in [0.3, 0.4) is 0 Å². The first-order valence-corrected chi connectivity index (χ1v) is 9.31. The second-order valence-corrected chi connectivity index (χ2v) is 7.24. The average Bonchev–Trinajstić information content (AvgIpc) is 3.28. The van der Waals surface area contributed by atoms with E-state index in [-0.39, 0.29) is 0 Å². The second-order valence-electron chi connectivity index (χ2n) is 6.32. The van der Waals surface area contributed by atoms with Crippen molar-refractivity contribution in [3.63, 3.8) is 0 Å². The summed E-state index contributed by atoms with van der Waals surface area (Å²) >= 11 is 3.62. The lowest BCUT2D eigenvalue weighted by Crippen LogP contribution is -1.93. The predicted molar refractivity (Wildman–Crippen MR) is 113 cm³/mol. The van der Waals surface area contributed by atoms with E-state index in [0.717, 1.165) is 21.2 Å². The molecule has 0 radical (unpaired) electrons. The highest BCUT2D eigenvalue weighted by Crippen LogP contribution is 2.41. The van der Waals surface area contributed by atoms with Crippen LogP contribution in [0, 0.1) is 0 Å². The minimum Gasteiger partial charge on any atom is -0.361 e. The van der Waals surface area contributed by atoms with Crippen molar-refractivity contribution in [2.24, 2.45) is 4.99 Å². The monoisotopic (exact) mass is 398 g/mol. The standard InChI is InChI=1S/C23H15BrN2/c24-16-7-5-6-15(12-16)23(19-13-25-21-10-3-1-8-17(19)21)20-14-26-22-11-4-2-9-18(20)22/h1-14,25H/b23-20+. The van der Waals surface area contributed by atoms with E-state index in [0.29, 0.717) is 0 Å². The lowest BCUT2D eigenvalue weighted by Gasteiger charge is -2.12. The first kappa shape index (κ1) is 15.4. The van der Waals surface area contributed by atoms with E-state index in [2.05, 4.69) is 98.8 Å². The van der Waals surface area contributed by atoms with Crippen molar-refractivity contribution in [1.82, 2.24) is 4.98 Å². The molecule has 1 aromatic heterocycles. The van der Waals surface area contributed by atoms with Gasteiger partial charge in [0.2, 0.25) is 0 Å². The minimum absolute atomic E-state index is 1.02. The Morgan fingerprint density at radius 2 is 1.73 bits per heavy atom. The molecule has 0 spiro atoms.